The molecule has 0 aliphatic heterocycles. The van der Waals surface area contributed by atoms with Crippen LogP contribution in [0.2, 0.25) is 0 Å². The van der Waals surface area contributed by atoms with E-state index in [1.807, 2.05) is 24.3 Å². The Kier molecular flexibility index (Phi) is 5.89. The van der Waals surface area contributed by atoms with Gasteiger partial charge in [0.15, 0.2) is 0 Å². The number of aryl methyl sites for hydroxylation is 1. The lowest BCUT2D eigenvalue weighted by Crippen LogP contribution is -2.27. The highest BCUT2D eigenvalue weighted by molar-refractivity contribution is 6.04. The van der Waals surface area contributed by atoms with Crippen molar-refractivity contribution in [3.8, 4) is 0 Å². The summed E-state index contributed by atoms with van der Waals surface area (Å²) in [4.78, 5) is 24.1. The fourth-order valence-electron chi connectivity index (χ4n) is 2.49. The summed E-state index contributed by atoms with van der Waals surface area (Å²) in [7, 11) is 0. The standard InChI is InChI=1S/C21H21N3O3/c1-2-15-5-7-16(8-6-15)20(25)23-17-9-11-18(12-10-17)24-21(26)22-14-19-4-3-13-27-19/h3-13H,2,14H2,1H3,(H,23,25)(H2,22,24,26). The number of anilines is 2. The van der Waals surface area contributed by atoms with Gasteiger partial charge in [-0.25, -0.2) is 4.79 Å². The number of carbonyl (C=O) groups excluding carboxylic acids is 2. The van der Waals surface area contributed by atoms with Gasteiger partial charge < -0.3 is 20.4 Å². The summed E-state index contributed by atoms with van der Waals surface area (Å²) in [5, 5.41) is 8.26. The largest absolute Gasteiger partial charge is 0.467 e. The lowest BCUT2D eigenvalue weighted by molar-refractivity contribution is 0.102. The van der Waals surface area contributed by atoms with Crippen LogP contribution in [0.3, 0.4) is 0 Å². The van der Waals surface area contributed by atoms with Gasteiger partial charge in [0.25, 0.3) is 5.91 Å². The first kappa shape index (κ1) is 18.3. The zero-order valence-electron chi connectivity index (χ0n) is 15.0. The van der Waals surface area contributed by atoms with Crippen molar-refractivity contribution in [3.63, 3.8) is 0 Å². The van der Waals surface area contributed by atoms with Crippen LogP contribution >= 0.6 is 0 Å². The van der Waals surface area contributed by atoms with Crippen molar-refractivity contribution < 1.29 is 14.0 Å². The maximum absolute atomic E-state index is 12.3. The highest BCUT2D eigenvalue weighted by atomic mass is 16.3. The molecule has 27 heavy (non-hydrogen) atoms. The van der Waals surface area contributed by atoms with Crippen LogP contribution in [-0.4, -0.2) is 11.9 Å². The number of benzene rings is 2. The summed E-state index contributed by atoms with van der Waals surface area (Å²) in [6, 6.07) is 17.7. The van der Waals surface area contributed by atoms with E-state index in [-0.39, 0.29) is 11.9 Å². The second-order valence-corrected chi connectivity index (χ2v) is 5.97. The first-order chi connectivity index (χ1) is 13.1. The smallest absolute Gasteiger partial charge is 0.319 e. The molecular weight excluding hydrogens is 342 g/mol. The van der Waals surface area contributed by atoms with Crippen LogP contribution in [0, 0.1) is 0 Å². The molecule has 0 unspecified atom stereocenters. The molecule has 0 aliphatic carbocycles. The molecule has 0 bridgehead atoms. The van der Waals surface area contributed by atoms with E-state index in [1.54, 1.807) is 42.7 Å². The molecule has 0 saturated heterocycles. The zero-order chi connectivity index (χ0) is 19.1. The van der Waals surface area contributed by atoms with Gasteiger partial charge >= 0.3 is 6.03 Å². The van der Waals surface area contributed by atoms with Crippen molar-refractivity contribution in [2.24, 2.45) is 0 Å². The predicted octanol–water partition coefficient (Wildman–Crippen LogP) is 4.42. The zero-order valence-corrected chi connectivity index (χ0v) is 15.0. The molecule has 6 nitrogen and oxygen atoms in total. The number of hydrogen-bond acceptors (Lipinski definition) is 3. The molecule has 1 aromatic heterocycles. The average Bonchev–Trinajstić information content (AvgIpc) is 3.21. The normalized spacial score (nSPS) is 10.3. The monoisotopic (exact) mass is 363 g/mol. The Morgan fingerprint density at radius 1 is 0.889 bits per heavy atom. The maximum atomic E-state index is 12.3. The second-order valence-electron chi connectivity index (χ2n) is 5.97. The molecule has 3 rings (SSSR count). The fourth-order valence-corrected chi connectivity index (χ4v) is 2.49. The molecule has 3 N–H and O–H groups in total. The number of nitrogens with one attached hydrogen (secondary N) is 3. The minimum atomic E-state index is -0.334. The average molecular weight is 363 g/mol. The molecule has 0 radical (unpaired) electrons. The van der Waals surface area contributed by atoms with Crippen molar-refractivity contribution >= 4 is 23.3 Å². The fraction of sp³-hybridized carbons (Fsp3) is 0.143. The van der Waals surface area contributed by atoms with Gasteiger partial charge in [-0.3, -0.25) is 4.79 Å². The first-order valence-corrected chi connectivity index (χ1v) is 8.71. The van der Waals surface area contributed by atoms with Crippen LogP contribution in [0.5, 0.6) is 0 Å². The van der Waals surface area contributed by atoms with Crippen LogP contribution in [0.15, 0.2) is 71.3 Å². The molecule has 2 aromatic carbocycles. The number of hydrogen-bond donors (Lipinski definition) is 3. The van der Waals surface area contributed by atoms with Crippen molar-refractivity contribution in [1.82, 2.24) is 5.32 Å². The van der Waals surface area contributed by atoms with Crippen molar-refractivity contribution in [3.05, 3.63) is 83.8 Å². The Hall–Kier alpha value is -3.54. The molecule has 0 spiro atoms. The van der Waals surface area contributed by atoms with E-state index in [9.17, 15) is 9.59 Å². The molecule has 1 heterocycles. The first-order valence-electron chi connectivity index (χ1n) is 8.71. The predicted molar refractivity (Wildman–Crippen MR) is 105 cm³/mol. The van der Waals surface area contributed by atoms with E-state index < -0.39 is 0 Å². The van der Waals surface area contributed by atoms with Gasteiger partial charge in [-0.15, -0.1) is 0 Å². The van der Waals surface area contributed by atoms with Gasteiger partial charge in [0, 0.05) is 16.9 Å². The van der Waals surface area contributed by atoms with E-state index in [0.717, 1.165) is 6.42 Å². The van der Waals surface area contributed by atoms with Crippen molar-refractivity contribution in [2.75, 3.05) is 10.6 Å². The maximum Gasteiger partial charge on any atom is 0.319 e. The Bertz CT molecular complexity index is 885. The third-order valence-electron chi connectivity index (χ3n) is 4.03. The molecular formula is C21H21N3O3. The molecule has 138 valence electrons. The Morgan fingerprint density at radius 2 is 1.56 bits per heavy atom. The summed E-state index contributed by atoms with van der Waals surface area (Å²) >= 11 is 0. The molecule has 6 heteroatoms. The number of urea groups is 1. The number of carbonyl (C=O) groups is 2. The van der Waals surface area contributed by atoms with Crippen LogP contribution in [0.1, 0.15) is 28.6 Å². The van der Waals surface area contributed by atoms with Gasteiger partial charge in [0.1, 0.15) is 5.76 Å². The van der Waals surface area contributed by atoms with Crippen LogP contribution in [-0.2, 0) is 13.0 Å². The molecule has 3 amide bonds. The van der Waals surface area contributed by atoms with Gasteiger partial charge in [0.05, 0.1) is 12.8 Å². The third kappa shape index (κ3) is 5.22. The molecule has 0 saturated carbocycles. The lowest BCUT2D eigenvalue weighted by Gasteiger charge is -2.09. The highest BCUT2D eigenvalue weighted by Crippen LogP contribution is 2.15. The van der Waals surface area contributed by atoms with E-state index in [1.165, 1.54) is 5.56 Å². The van der Waals surface area contributed by atoms with Gasteiger partial charge in [-0.1, -0.05) is 19.1 Å². The van der Waals surface area contributed by atoms with Crippen LogP contribution < -0.4 is 16.0 Å². The van der Waals surface area contributed by atoms with Gasteiger partial charge in [-0.05, 0) is 60.5 Å². The summed E-state index contributed by atoms with van der Waals surface area (Å²) in [6.45, 7) is 2.38. The molecule has 0 aliphatic rings. The minimum absolute atomic E-state index is 0.172. The summed E-state index contributed by atoms with van der Waals surface area (Å²) < 4.78 is 5.15. The summed E-state index contributed by atoms with van der Waals surface area (Å²) in [5.41, 5.74) is 3.07. The molecule has 0 fully saturated rings. The number of rotatable bonds is 6. The topological polar surface area (TPSA) is 83.4 Å². The van der Waals surface area contributed by atoms with Crippen LogP contribution in [0.25, 0.3) is 0 Å². The highest BCUT2D eigenvalue weighted by Gasteiger charge is 2.07. The summed E-state index contributed by atoms with van der Waals surface area (Å²) in [5.74, 6) is 0.504. The Morgan fingerprint density at radius 3 is 2.15 bits per heavy atom. The van der Waals surface area contributed by atoms with E-state index in [4.69, 9.17) is 4.42 Å². The quantitative estimate of drug-likeness (QED) is 0.606. The van der Waals surface area contributed by atoms with Crippen LogP contribution in [0.4, 0.5) is 16.2 Å². The summed E-state index contributed by atoms with van der Waals surface area (Å²) in [6.07, 6.45) is 2.49. The van der Waals surface area contributed by atoms with E-state index in [2.05, 4.69) is 22.9 Å². The van der Waals surface area contributed by atoms with Crippen molar-refractivity contribution in [2.45, 2.75) is 19.9 Å². The van der Waals surface area contributed by atoms with E-state index >= 15 is 0 Å². The number of furan rings is 1. The SMILES string of the molecule is CCc1ccc(C(=O)Nc2ccc(NC(=O)NCc3ccco3)cc2)cc1. The second kappa shape index (κ2) is 8.71. The number of amides is 3. The van der Waals surface area contributed by atoms with Crippen molar-refractivity contribution in [1.29, 1.82) is 0 Å². The Balaban J connectivity index is 1.51. The van der Waals surface area contributed by atoms with E-state index in [0.29, 0.717) is 29.2 Å². The Labute approximate surface area is 157 Å². The third-order valence-corrected chi connectivity index (χ3v) is 4.03. The molecule has 3 aromatic rings. The minimum Gasteiger partial charge on any atom is -0.467 e. The lowest BCUT2D eigenvalue weighted by atomic mass is 10.1. The van der Waals surface area contributed by atoms with Gasteiger partial charge in [0.2, 0.25) is 0 Å². The van der Waals surface area contributed by atoms with Gasteiger partial charge in [-0.2, -0.15) is 0 Å². The molecule has 0 atom stereocenters.